The number of hydrogen-bond donors (Lipinski definition) is 1. The van der Waals surface area contributed by atoms with Crippen molar-refractivity contribution in [1.29, 1.82) is 0 Å². The van der Waals surface area contributed by atoms with Crippen LogP contribution in [0.4, 0.5) is 5.69 Å². The summed E-state index contributed by atoms with van der Waals surface area (Å²) in [6.45, 7) is 10.8. The first-order valence-electron chi connectivity index (χ1n) is 9.03. The third-order valence-electron chi connectivity index (χ3n) is 4.38. The molecule has 1 N–H and O–H groups in total. The average molecular weight is 372 g/mol. The van der Waals surface area contributed by atoms with Gasteiger partial charge in [0.25, 0.3) is 0 Å². The number of aliphatic hydroxyl groups is 1. The zero-order valence-corrected chi connectivity index (χ0v) is 16.9. The Hall–Kier alpha value is -2.60. The first kappa shape index (κ1) is 20.7. The highest BCUT2D eigenvalue weighted by atomic mass is 16.5. The second-order valence-corrected chi connectivity index (χ2v) is 6.59. The minimum Gasteiger partial charge on any atom is -0.465 e. The first-order valence-corrected chi connectivity index (χ1v) is 9.03. The van der Waals surface area contributed by atoms with Crippen LogP contribution in [-0.4, -0.2) is 42.9 Å². The molecular weight excluding hydrogens is 344 g/mol. The van der Waals surface area contributed by atoms with Crippen LogP contribution in [0.25, 0.3) is 0 Å². The quantitative estimate of drug-likeness (QED) is 0.747. The van der Waals surface area contributed by atoms with Crippen LogP contribution in [0.15, 0.2) is 18.2 Å². The van der Waals surface area contributed by atoms with Crippen molar-refractivity contribution < 1.29 is 19.4 Å². The number of hydrogen-bond acceptors (Lipinski definition) is 6. The number of benzene rings is 1. The molecule has 0 spiro atoms. The van der Waals surface area contributed by atoms with Gasteiger partial charge in [-0.3, -0.25) is 0 Å². The molecule has 0 saturated heterocycles. The summed E-state index contributed by atoms with van der Waals surface area (Å²) in [7, 11) is 1.33. The lowest BCUT2D eigenvalue weighted by atomic mass is 10.1. The fraction of sp³-hybridized carbons (Fsp3) is 0.429. The zero-order chi connectivity index (χ0) is 20.1. The van der Waals surface area contributed by atoms with Crippen LogP contribution in [0.2, 0.25) is 0 Å². The summed E-state index contributed by atoms with van der Waals surface area (Å²) in [5.74, 6) is 0.370. The standard InChI is InChI=1S/C21H28N2O4/c1-7-23(8-9-24)17-12-16(5)22-20(18(17)21(25)26-6)27-19-14(3)10-13(2)11-15(19)4/h10-12,24H,7-9H2,1-6H3. The molecule has 0 atom stereocenters. The zero-order valence-electron chi connectivity index (χ0n) is 16.9. The highest BCUT2D eigenvalue weighted by Crippen LogP contribution is 2.35. The van der Waals surface area contributed by atoms with Crippen molar-refractivity contribution in [2.75, 3.05) is 31.7 Å². The molecule has 1 heterocycles. The molecular formula is C21H28N2O4. The van der Waals surface area contributed by atoms with Gasteiger partial charge in [0.05, 0.1) is 19.4 Å². The summed E-state index contributed by atoms with van der Waals surface area (Å²) >= 11 is 0. The van der Waals surface area contributed by atoms with Gasteiger partial charge in [-0.25, -0.2) is 9.78 Å². The number of nitrogens with zero attached hydrogens (tertiary/aromatic N) is 2. The Kier molecular flexibility index (Phi) is 6.80. The Morgan fingerprint density at radius 2 is 1.78 bits per heavy atom. The Bertz CT molecular complexity index is 810. The van der Waals surface area contributed by atoms with Crippen molar-refractivity contribution in [3.8, 4) is 11.6 Å². The second-order valence-electron chi connectivity index (χ2n) is 6.59. The third-order valence-corrected chi connectivity index (χ3v) is 4.38. The minimum atomic E-state index is -0.522. The van der Waals surface area contributed by atoms with Gasteiger partial charge in [0.15, 0.2) is 0 Å². The van der Waals surface area contributed by atoms with Gasteiger partial charge in [-0.05, 0) is 51.8 Å². The normalized spacial score (nSPS) is 10.6. The van der Waals surface area contributed by atoms with E-state index < -0.39 is 5.97 Å². The molecule has 1 aromatic carbocycles. The van der Waals surface area contributed by atoms with E-state index in [1.54, 1.807) is 0 Å². The lowest BCUT2D eigenvalue weighted by Crippen LogP contribution is -2.28. The van der Waals surface area contributed by atoms with Crippen LogP contribution in [0.1, 0.15) is 39.7 Å². The van der Waals surface area contributed by atoms with Crippen LogP contribution in [0.5, 0.6) is 11.6 Å². The highest BCUT2D eigenvalue weighted by Gasteiger charge is 2.25. The average Bonchev–Trinajstić information content (AvgIpc) is 2.61. The van der Waals surface area contributed by atoms with Gasteiger partial charge < -0.3 is 19.5 Å². The molecule has 0 radical (unpaired) electrons. The van der Waals surface area contributed by atoms with Crippen molar-refractivity contribution in [2.24, 2.45) is 0 Å². The van der Waals surface area contributed by atoms with E-state index in [1.807, 2.05) is 57.7 Å². The maximum atomic E-state index is 12.6. The van der Waals surface area contributed by atoms with Crippen LogP contribution >= 0.6 is 0 Å². The van der Waals surface area contributed by atoms with Crippen molar-refractivity contribution in [1.82, 2.24) is 4.98 Å². The van der Waals surface area contributed by atoms with Gasteiger partial charge in [0.1, 0.15) is 11.3 Å². The summed E-state index contributed by atoms with van der Waals surface area (Å²) in [5, 5.41) is 9.38. The van der Waals surface area contributed by atoms with Gasteiger partial charge in [-0.1, -0.05) is 17.7 Å². The summed E-state index contributed by atoms with van der Waals surface area (Å²) in [6.07, 6.45) is 0. The number of esters is 1. The molecule has 0 amide bonds. The third kappa shape index (κ3) is 4.57. The topological polar surface area (TPSA) is 71.9 Å². The molecule has 0 aliphatic carbocycles. The smallest absolute Gasteiger partial charge is 0.345 e. The molecule has 0 fully saturated rings. The number of aryl methyl sites for hydroxylation is 4. The number of likely N-dealkylation sites (N-methyl/N-ethyl adjacent to an activating group) is 1. The lowest BCUT2D eigenvalue weighted by Gasteiger charge is -2.25. The van der Waals surface area contributed by atoms with E-state index in [0.717, 1.165) is 16.7 Å². The largest absolute Gasteiger partial charge is 0.465 e. The number of methoxy groups -OCH3 is 1. The Labute approximate surface area is 160 Å². The first-order chi connectivity index (χ1) is 12.8. The molecule has 0 aliphatic heterocycles. The number of carbonyl (C=O) groups is 1. The number of pyridine rings is 1. The molecule has 0 bridgehead atoms. The number of carbonyl (C=O) groups excluding carboxylic acids is 1. The predicted molar refractivity (Wildman–Crippen MR) is 106 cm³/mol. The molecule has 2 aromatic rings. The Morgan fingerprint density at radius 3 is 2.30 bits per heavy atom. The van der Waals surface area contributed by atoms with E-state index in [-0.39, 0.29) is 18.1 Å². The van der Waals surface area contributed by atoms with Gasteiger partial charge in [-0.15, -0.1) is 0 Å². The SMILES string of the molecule is CCN(CCO)c1cc(C)nc(Oc2c(C)cc(C)cc2C)c1C(=O)OC. The van der Waals surface area contributed by atoms with E-state index in [1.165, 1.54) is 7.11 Å². The number of aliphatic hydroxyl groups excluding tert-OH is 1. The molecule has 1 aromatic heterocycles. The van der Waals surface area contributed by atoms with E-state index in [2.05, 4.69) is 4.98 Å². The lowest BCUT2D eigenvalue weighted by molar-refractivity contribution is 0.0597. The summed E-state index contributed by atoms with van der Waals surface area (Å²) in [4.78, 5) is 18.9. The van der Waals surface area contributed by atoms with Gasteiger partial charge in [-0.2, -0.15) is 0 Å². The molecule has 27 heavy (non-hydrogen) atoms. The molecule has 0 saturated carbocycles. The number of anilines is 1. The van der Waals surface area contributed by atoms with Gasteiger partial charge in [0.2, 0.25) is 5.88 Å². The maximum Gasteiger partial charge on any atom is 0.345 e. The van der Waals surface area contributed by atoms with Gasteiger partial charge >= 0.3 is 5.97 Å². The highest BCUT2D eigenvalue weighted by molar-refractivity contribution is 5.98. The van der Waals surface area contributed by atoms with Gasteiger partial charge in [0, 0.05) is 18.8 Å². The van der Waals surface area contributed by atoms with Crippen LogP contribution in [0, 0.1) is 27.7 Å². The van der Waals surface area contributed by atoms with Crippen molar-refractivity contribution >= 4 is 11.7 Å². The van der Waals surface area contributed by atoms with Crippen molar-refractivity contribution in [3.63, 3.8) is 0 Å². The van der Waals surface area contributed by atoms with E-state index in [4.69, 9.17) is 9.47 Å². The second kappa shape index (κ2) is 8.86. The number of aromatic nitrogens is 1. The molecule has 6 nitrogen and oxygen atoms in total. The monoisotopic (exact) mass is 372 g/mol. The minimum absolute atomic E-state index is 0.0256. The summed E-state index contributed by atoms with van der Waals surface area (Å²) in [6, 6.07) is 5.87. The Morgan fingerprint density at radius 1 is 1.15 bits per heavy atom. The van der Waals surface area contributed by atoms with Crippen molar-refractivity contribution in [2.45, 2.75) is 34.6 Å². The predicted octanol–water partition coefficient (Wildman–Crippen LogP) is 3.71. The summed E-state index contributed by atoms with van der Waals surface area (Å²) < 4.78 is 11.1. The number of rotatable bonds is 7. The molecule has 0 aliphatic rings. The molecule has 6 heteroatoms. The van der Waals surface area contributed by atoms with E-state index in [9.17, 15) is 9.90 Å². The maximum absolute atomic E-state index is 12.6. The summed E-state index contributed by atoms with van der Waals surface area (Å²) in [5.41, 5.74) is 4.70. The number of ether oxygens (including phenoxy) is 2. The Balaban J connectivity index is 2.65. The van der Waals surface area contributed by atoms with Crippen molar-refractivity contribution in [3.05, 3.63) is 46.1 Å². The van der Waals surface area contributed by atoms with E-state index in [0.29, 0.717) is 30.2 Å². The molecule has 0 unspecified atom stereocenters. The fourth-order valence-electron chi connectivity index (χ4n) is 3.24. The van der Waals surface area contributed by atoms with E-state index >= 15 is 0 Å². The van der Waals surface area contributed by atoms with Crippen LogP contribution < -0.4 is 9.64 Å². The molecule has 2 rings (SSSR count). The van der Waals surface area contributed by atoms with Crippen LogP contribution in [0.3, 0.4) is 0 Å². The molecule has 146 valence electrons. The fourth-order valence-corrected chi connectivity index (χ4v) is 3.24. The van der Waals surface area contributed by atoms with Crippen LogP contribution in [-0.2, 0) is 4.74 Å².